The van der Waals surface area contributed by atoms with Gasteiger partial charge in [0.2, 0.25) is 0 Å². The van der Waals surface area contributed by atoms with Crippen molar-refractivity contribution >= 4 is 23.2 Å². The molecule has 6 nitrogen and oxygen atoms in total. The molecular weight excluding hydrogens is 340 g/mol. The summed E-state index contributed by atoms with van der Waals surface area (Å²) in [5.41, 5.74) is 2.86. The Bertz CT molecular complexity index is 774. The number of aromatic nitrogens is 2. The Kier molecular flexibility index (Phi) is 4.50. The molecule has 0 unspecified atom stereocenters. The second kappa shape index (κ2) is 6.78. The Morgan fingerprint density at radius 1 is 1.40 bits per heavy atom. The minimum atomic E-state index is -0.311. The summed E-state index contributed by atoms with van der Waals surface area (Å²) in [6, 6.07) is 8.16. The first kappa shape index (κ1) is 16.6. The summed E-state index contributed by atoms with van der Waals surface area (Å²) in [6.07, 6.45) is 3.20. The minimum absolute atomic E-state index is 0.0980. The Balaban J connectivity index is 1.43. The molecule has 2 fully saturated rings. The van der Waals surface area contributed by atoms with Crippen molar-refractivity contribution in [2.45, 2.75) is 44.4 Å². The van der Waals surface area contributed by atoms with E-state index in [1.807, 2.05) is 31.2 Å². The molecule has 7 heteroatoms. The van der Waals surface area contributed by atoms with Crippen LogP contribution in [0.3, 0.4) is 0 Å². The zero-order chi connectivity index (χ0) is 17.4. The molecule has 3 atom stereocenters. The van der Waals surface area contributed by atoms with E-state index in [2.05, 4.69) is 20.8 Å². The van der Waals surface area contributed by atoms with Crippen molar-refractivity contribution in [3.05, 3.63) is 46.2 Å². The van der Waals surface area contributed by atoms with E-state index in [0.717, 1.165) is 37.1 Å². The Morgan fingerprint density at radius 2 is 2.20 bits per heavy atom. The monoisotopic (exact) mass is 360 g/mol. The molecule has 2 aliphatic rings. The number of morpholine rings is 1. The lowest BCUT2D eigenvalue weighted by atomic mass is 10.0. The summed E-state index contributed by atoms with van der Waals surface area (Å²) in [5.74, 6) is -0.311. The van der Waals surface area contributed by atoms with Gasteiger partial charge in [-0.1, -0.05) is 37.1 Å². The number of halogens is 1. The van der Waals surface area contributed by atoms with Crippen LogP contribution in [0.1, 0.15) is 47.6 Å². The summed E-state index contributed by atoms with van der Waals surface area (Å²) in [4.78, 5) is 12.4. The highest BCUT2D eigenvalue weighted by Gasteiger charge is 2.41. The average molecular weight is 361 g/mol. The molecule has 2 saturated heterocycles. The number of rotatable bonds is 5. The van der Waals surface area contributed by atoms with Gasteiger partial charge in [-0.05, 0) is 30.5 Å². The number of carbonyl (C=O) groups is 1. The minimum Gasteiger partial charge on any atom is -0.367 e. The van der Waals surface area contributed by atoms with Crippen molar-refractivity contribution in [2.24, 2.45) is 0 Å². The lowest BCUT2D eigenvalue weighted by Crippen LogP contribution is -2.33. The highest BCUT2D eigenvalue weighted by atomic mass is 35.5. The van der Waals surface area contributed by atoms with Crippen molar-refractivity contribution < 1.29 is 9.53 Å². The maximum Gasteiger partial charge on any atom is 0.277 e. The molecule has 3 N–H and O–H groups in total. The molecule has 2 aromatic rings. The van der Waals surface area contributed by atoms with Crippen LogP contribution in [0.15, 0.2) is 24.3 Å². The van der Waals surface area contributed by atoms with Gasteiger partial charge in [0.25, 0.3) is 5.91 Å². The molecular formula is C18H21ClN4O2. The number of H-pyrrole nitrogens is 1. The molecule has 3 heterocycles. The number of amides is 1. The fourth-order valence-electron chi connectivity index (χ4n) is 3.56. The van der Waals surface area contributed by atoms with Crippen LogP contribution in [0, 0.1) is 0 Å². The van der Waals surface area contributed by atoms with Gasteiger partial charge in [0, 0.05) is 18.3 Å². The Labute approximate surface area is 151 Å². The third-order valence-corrected chi connectivity index (χ3v) is 5.22. The molecule has 0 aliphatic carbocycles. The summed E-state index contributed by atoms with van der Waals surface area (Å²) < 4.78 is 6.00. The number of carbonyl (C=O) groups excluding carboxylic acids is 1. The third-order valence-electron chi connectivity index (χ3n) is 4.82. The number of benzene rings is 1. The quantitative estimate of drug-likeness (QED) is 0.765. The second-order valence-corrected chi connectivity index (χ2v) is 7.00. The number of hydrogen-bond donors (Lipinski definition) is 3. The molecule has 4 rings (SSSR count). The number of aromatic amines is 1. The van der Waals surface area contributed by atoms with Gasteiger partial charge < -0.3 is 15.4 Å². The van der Waals surface area contributed by atoms with Crippen LogP contribution < -0.4 is 10.6 Å². The second-order valence-electron chi connectivity index (χ2n) is 6.62. The number of anilines is 1. The van der Waals surface area contributed by atoms with E-state index in [0.29, 0.717) is 22.9 Å². The molecule has 0 saturated carbocycles. The van der Waals surface area contributed by atoms with Crippen LogP contribution in [0.2, 0.25) is 5.02 Å². The van der Waals surface area contributed by atoms with Gasteiger partial charge in [-0.3, -0.25) is 9.89 Å². The number of nitrogens with one attached hydrogen (secondary N) is 3. The van der Waals surface area contributed by atoms with Gasteiger partial charge in [-0.15, -0.1) is 0 Å². The first-order chi connectivity index (χ1) is 12.2. The first-order valence-corrected chi connectivity index (χ1v) is 9.06. The fraction of sp³-hybridized carbons (Fsp3) is 0.444. The largest absolute Gasteiger partial charge is 0.367 e. The van der Waals surface area contributed by atoms with Crippen molar-refractivity contribution in [1.29, 1.82) is 0 Å². The zero-order valence-corrected chi connectivity index (χ0v) is 14.8. The van der Waals surface area contributed by atoms with Crippen LogP contribution in [-0.4, -0.2) is 34.8 Å². The molecule has 2 aliphatic heterocycles. The maximum absolute atomic E-state index is 12.4. The van der Waals surface area contributed by atoms with E-state index in [4.69, 9.17) is 16.3 Å². The molecule has 132 valence electrons. The molecule has 0 spiro atoms. The maximum atomic E-state index is 12.4. The average Bonchev–Trinajstić information content (AvgIpc) is 3.33. The molecule has 25 heavy (non-hydrogen) atoms. The number of fused-ring (bicyclic) bond motifs is 2. The smallest absolute Gasteiger partial charge is 0.277 e. The molecule has 1 amide bonds. The fourth-order valence-corrected chi connectivity index (χ4v) is 3.82. The van der Waals surface area contributed by atoms with E-state index in [1.54, 1.807) is 0 Å². The molecule has 0 radical (unpaired) electrons. The number of aryl methyl sites for hydroxylation is 1. The van der Waals surface area contributed by atoms with Gasteiger partial charge in [0.1, 0.15) is 0 Å². The zero-order valence-electron chi connectivity index (χ0n) is 14.0. The Hall–Kier alpha value is -1.89. The van der Waals surface area contributed by atoms with Crippen LogP contribution in [0.4, 0.5) is 5.69 Å². The van der Waals surface area contributed by atoms with Crippen LogP contribution >= 0.6 is 11.6 Å². The van der Waals surface area contributed by atoms with Crippen LogP contribution in [-0.2, 0) is 11.2 Å². The lowest BCUT2D eigenvalue weighted by molar-refractivity contribution is 0.0160. The Morgan fingerprint density at radius 3 is 2.84 bits per heavy atom. The first-order valence-electron chi connectivity index (χ1n) is 8.68. The summed E-state index contributed by atoms with van der Waals surface area (Å²) in [7, 11) is 0. The number of ether oxygens (including phenoxy) is 1. The standard InChI is InChI=1S/C18H21ClN4O2/c1-2-3-13-15(19)16(23-22-13)18(24)21-11-6-4-10(5-7-11)17-14-8-12(25-17)9-20-14/h4-7,12,14,17,20H,2-3,8-9H2,1H3,(H,21,24)(H,22,23)/t12-,14-,17+/m1/s1. The predicted molar refractivity (Wildman–Crippen MR) is 96.0 cm³/mol. The molecule has 2 bridgehead atoms. The highest BCUT2D eigenvalue weighted by molar-refractivity contribution is 6.34. The van der Waals surface area contributed by atoms with Crippen molar-refractivity contribution in [3.8, 4) is 0 Å². The summed E-state index contributed by atoms with van der Waals surface area (Å²) in [6.45, 7) is 2.99. The van der Waals surface area contributed by atoms with Crippen molar-refractivity contribution in [1.82, 2.24) is 15.5 Å². The summed E-state index contributed by atoms with van der Waals surface area (Å²) in [5, 5.41) is 13.6. The van der Waals surface area contributed by atoms with E-state index in [-0.39, 0.29) is 17.7 Å². The normalized spacial score (nSPS) is 24.6. The molecule has 1 aromatic heterocycles. The van der Waals surface area contributed by atoms with Gasteiger partial charge in [-0.2, -0.15) is 5.10 Å². The van der Waals surface area contributed by atoms with Gasteiger partial charge in [-0.25, -0.2) is 0 Å². The third kappa shape index (κ3) is 3.17. The van der Waals surface area contributed by atoms with E-state index in [1.165, 1.54) is 0 Å². The predicted octanol–water partition coefficient (Wildman–Crippen LogP) is 3.07. The summed E-state index contributed by atoms with van der Waals surface area (Å²) >= 11 is 6.23. The molecule has 1 aromatic carbocycles. The van der Waals surface area contributed by atoms with E-state index in [9.17, 15) is 4.79 Å². The van der Waals surface area contributed by atoms with E-state index >= 15 is 0 Å². The number of hydrogen-bond acceptors (Lipinski definition) is 4. The van der Waals surface area contributed by atoms with Crippen LogP contribution in [0.5, 0.6) is 0 Å². The highest BCUT2D eigenvalue weighted by Crippen LogP contribution is 2.37. The SMILES string of the molecule is CCCc1[nH]nc(C(=O)Nc2ccc([C@@H]3O[C@H]4CN[C@@H]3C4)cc2)c1Cl. The van der Waals surface area contributed by atoms with Gasteiger partial charge in [0.05, 0.1) is 22.9 Å². The van der Waals surface area contributed by atoms with E-state index < -0.39 is 0 Å². The van der Waals surface area contributed by atoms with Crippen molar-refractivity contribution in [2.75, 3.05) is 11.9 Å². The van der Waals surface area contributed by atoms with Crippen molar-refractivity contribution in [3.63, 3.8) is 0 Å². The van der Waals surface area contributed by atoms with Gasteiger partial charge in [0.15, 0.2) is 5.69 Å². The van der Waals surface area contributed by atoms with Gasteiger partial charge >= 0.3 is 0 Å². The topological polar surface area (TPSA) is 79.0 Å². The number of nitrogens with zero attached hydrogens (tertiary/aromatic N) is 1. The lowest BCUT2D eigenvalue weighted by Gasteiger charge is -2.23. The van der Waals surface area contributed by atoms with Crippen LogP contribution in [0.25, 0.3) is 0 Å².